The van der Waals surface area contributed by atoms with Gasteiger partial charge in [0, 0.05) is 44.5 Å². The van der Waals surface area contributed by atoms with Gasteiger partial charge in [-0.05, 0) is 33.6 Å². The molecule has 0 aromatic carbocycles. The van der Waals surface area contributed by atoms with Gasteiger partial charge >= 0.3 is 0 Å². The number of carbonyl (C=O) groups is 1. The number of morpholine rings is 1. The van der Waals surface area contributed by atoms with E-state index < -0.39 is 0 Å². The molecule has 1 aliphatic rings. The number of aromatic nitrogens is 6. The molecule has 0 radical (unpaired) electrons. The van der Waals surface area contributed by atoms with Crippen molar-refractivity contribution in [3.63, 3.8) is 0 Å². The Morgan fingerprint density at radius 3 is 2.44 bits per heavy atom. The molecule has 10 heteroatoms. The number of fused-ring (bicyclic) bond motifs is 1. The van der Waals surface area contributed by atoms with Gasteiger partial charge in [0.2, 0.25) is 5.91 Å². The van der Waals surface area contributed by atoms with Gasteiger partial charge in [0.1, 0.15) is 18.0 Å². The van der Waals surface area contributed by atoms with Crippen molar-refractivity contribution in [2.75, 3.05) is 18.4 Å². The van der Waals surface area contributed by atoms with E-state index in [1.54, 1.807) is 18.7 Å². The summed E-state index contributed by atoms with van der Waals surface area (Å²) in [7, 11) is 0. The first-order chi connectivity index (χ1) is 16.3. The Kier molecular flexibility index (Phi) is 7.06. The van der Waals surface area contributed by atoms with E-state index >= 15 is 0 Å². The molecule has 4 heterocycles. The first-order valence-corrected chi connectivity index (χ1v) is 12.0. The van der Waals surface area contributed by atoms with E-state index in [9.17, 15) is 4.79 Å². The average Bonchev–Trinajstić information content (AvgIpc) is 3.18. The Balaban J connectivity index is 1.61. The van der Waals surface area contributed by atoms with Crippen LogP contribution in [0.15, 0.2) is 18.7 Å². The second-order valence-electron chi connectivity index (χ2n) is 9.35. The van der Waals surface area contributed by atoms with Gasteiger partial charge in [-0.3, -0.25) is 4.79 Å². The zero-order valence-corrected chi connectivity index (χ0v) is 20.8. The maximum absolute atomic E-state index is 13.1. The molecule has 1 fully saturated rings. The minimum Gasteiger partial charge on any atom is -0.372 e. The van der Waals surface area contributed by atoms with Crippen molar-refractivity contribution in [1.82, 2.24) is 34.4 Å². The van der Waals surface area contributed by atoms with Gasteiger partial charge < -0.3 is 19.5 Å². The van der Waals surface area contributed by atoms with Crippen LogP contribution < -0.4 is 5.32 Å². The predicted octanol–water partition coefficient (Wildman–Crippen LogP) is 3.07. The fourth-order valence-corrected chi connectivity index (χ4v) is 4.40. The van der Waals surface area contributed by atoms with Crippen LogP contribution in [0.5, 0.6) is 0 Å². The molecule has 0 saturated carbocycles. The molecule has 1 amide bonds. The highest BCUT2D eigenvalue weighted by atomic mass is 16.5. The number of hydrogen-bond donors (Lipinski definition) is 1. The van der Waals surface area contributed by atoms with Crippen LogP contribution >= 0.6 is 0 Å². The second kappa shape index (κ2) is 10.0. The Morgan fingerprint density at radius 2 is 1.82 bits per heavy atom. The van der Waals surface area contributed by atoms with Crippen molar-refractivity contribution in [1.29, 1.82) is 0 Å². The maximum atomic E-state index is 13.1. The number of amides is 1. The topological polar surface area (TPSA) is 111 Å². The summed E-state index contributed by atoms with van der Waals surface area (Å²) in [6, 6.07) is -0.100. The molecule has 1 saturated heterocycles. The third kappa shape index (κ3) is 5.01. The predicted molar refractivity (Wildman–Crippen MR) is 130 cm³/mol. The van der Waals surface area contributed by atoms with E-state index in [-0.39, 0.29) is 30.1 Å². The van der Waals surface area contributed by atoms with Gasteiger partial charge in [-0.2, -0.15) is 0 Å². The van der Waals surface area contributed by atoms with Crippen molar-refractivity contribution in [2.45, 2.75) is 72.8 Å². The van der Waals surface area contributed by atoms with E-state index in [4.69, 9.17) is 9.72 Å². The van der Waals surface area contributed by atoms with Gasteiger partial charge in [-0.15, -0.1) is 0 Å². The number of anilines is 1. The number of hydrogen-bond acceptors (Lipinski definition) is 8. The molecule has 3 aromatic rings. The zero-order chi connectivity index (χ0) is 24.4. The van der Waals surface area contributed by atoms with Gasteiger partial charge in [-0.1, -0.05) is 13.8 Å². The summed E-state index contributed by atoms with van der Waals surface area (Å²) < 4.78 is 7.81. The molecular formula is C24H34N8O2. The summed E-state index contributed by atoms with van der Waals surface area (Å²) in [6.07, 6.45) is 5.55. The number of nitrogens with zero attached hydrogens (tertiary/aromatic N) is 7. The molecule has 4 rings (SSSR count). The fraction of sp³-hybridized carbons (Fsp3) is 0.583. The minimum atomic E-state index is -0.100. The van der Waals surface area contributed by atoms with Gasteiger partial charge in [0.05, 0.1) is 17.8 Å². The molecule has 0 spiro atoms. The first kappa shape index (κ1) is 24.0. The number of aryl methyl sites for hydroxylation is 2. The normalized spacial score (nSPS) is 19.6. The number of imidazole rings is 1. The highest BCUT2D eigenvalue weighted by molar-refractivity contribution is 5.87. The smallest absolute Gasteiger partial charge is 0.224 e. The molecule has 1 aliphatic heterocycles. The summed E-state index contributed by atoms with van der Waals surface area (Å²) in [5, 5.41) is 3.50. The van der Waals surface area contributed by atoms with Gasteiger partial charge in [0.15, 0.2) is 17.0 Å². The van der Waals surface area contributed by atoms with E-state index in [0.29, 0.717) is 43.2 Å². The number of rotatable bonds is 7. The largest absolute Gasteiger partial charge is 0.372 e. The van der Waals surface area contributed by atoms with Crippen LogP contribution in [0.3, 0.4) is 0 Å². The third-order valence-corrected chi connectivity index (χ3v) is 6.18. The van der Waals surface area contributed by atoms with Gasteiger partial charge in [0.25, 0.3) is 0 Å². The third-order valence-electron chi connectivity index (χ3n) is 6.18. The van der Waals surface area contributed by atoms with Crippen LogP contribution in [0.4, 0.5) is 5.82 Å². The van der Waals surface area contributed by atoms with E-state index in [0.717, 1.165) is 17.0 Å². The molecule has 34 heavy (non-hydrogen) atoms. The van der Waals surface area contributed by atoms with E-state index in [1.807, 2.05) is 30.2 Å². The lowest BCUT2D eigenvalue weighted by Gasteiger charge is -2.36. The number of carbonyl (C=O) groups excluding carboxylic acids is 1. The van der Waals surface area contributed by atoms with Crippen LogP contribution in [0.2, 0.25) is 0 Å². The molecule has 3 atom stereocenters. The molecular weight excluding hydrogens is 432 g/mol. The maximum Gasteiger partial charge on any atom is 0.224 e. The summed E-state index contributed by atoms with van der Waals surface area (Å²) in [6.45, 7) is 14.1. The quantitative estimate of drug-likeness (QED) is 0.566. The van der Waals surface area contributed by atoms with Crippen LogP contribution in [0.25, 0.3) is 22.6 Å². The average molecular weight is 467 g/mol. The number of ether oxygens (including phenoxy) is 1. The van der Waals surface area contributed by atoms with Crippen LogP contribution in [-0.2, 0) is 16.1 Å². The molecule has 1 N–H and O–H groups in total. The Hall–Kier alpha value is -3.14. The molecule has 3 aromatic heterocycles. The summed E-state index contributed by atoms with van der Waals surface area (Å²) in [4.78, 5) is 37.5. The van der Waals surface area contributed by atoms with Crippen LogP contribution in [0, 0.1) is 12.8 Å². The number of nitrogens with one attached hydrogen (secondary N) is 1. The SMILES string of the molecule is CCn1c(-c2cnc(C)nc2)nc2c(NC(CC(=O)N3CC(C)OC(C)C3)C(C)C)ncnc21. The van der Waals surface area contributed by atoms with Crippen LogP contribution in [-0.4, -0.2) is 71.6 Å². The summed E-state index contributed by atoms with van der Waals surface area (Å²) in [5.41, 5.74) is 2.23. The lowest BCUT2D eigenvalue weighted by molar-refractivity contribution is -0.143. The van der Waals surface area contributed by atoms with Gasteiger partial charge in [-0.25, -0.2) is 24.9 Å². The fourth-order valence-electron chi connectivity index (χ4n) is 4.40. The Bertz CT molecular complexity index is 1130. The van der Waals surface area contributed by atoms with Crippen molar-refractivity contribution in [2.24, 2.45) is 5.92 Å². The summed E-state index contributed by atoms with van der Waals surface area (Å²) >= 11 is 0. The molecule has 10 nitrogen and oxygen atoms in total. The molecule has 3 unspecified atom stereocenters. The first-order valence-electron chi connectivity index (χ1n) is 12.0. The Labute approximate surface area is 200 Å². The molecule has 182 valence electrons. The highest BCUT2D eigenvalue weighted by Gasteiger charge is 2.29. The standard InChI is InChI=1S/C24H34N8O2/c1-7-32-23(18-9-25-17(6)26-10-18)30-21-22(27-13-28-24(21)32)29-19(14(2)3)8-20(33)31-11-15(4)34-16(5)12-31/h9-10,13-16,19H,7-8,11-12H2,1-6H3,(H,27,28,29). The van der Waals surface area contributed by atoms with Crippen LogP contribution in [0.1, 0.15) is 46.9 Å². The second-order valence-corrected chi connectivity index (χ2v) is 9.35. The molecule has 0 aliphatic carbocycles. The minimum absolute atomic E-state index is 0.0434. The van der Waals surface area contributed by atoms with E-state index in [1.165, 1.54) is 0 Å². The van der Waals surface area contributed by atoms with Crippen molar-refractivity contribution in [3.05, 3.63) is 24.5 Å². The van der Waals surface area contributed by atoms with Crippen molar-refractivity contribution >= 4 is 22.9 Å². The lowest BCUT2D eigenvalue weighted by Crippen LogP contribution is -2.49. The Morgan fingerprint density at radius 1 is 1.15 bits per heavy atom. The van der Waals surface area contributed by atoms with Crippen molar-refractivity contribution in [3.8, 4) is 11.4 Å². The lowest BCUT2D eigenvalue weighted by atomic mass is 9.99. The zero-order valence-electron chi connectivity index (χ0n) is 20.8. The van der Waals surface area contributed by atoms with Crippen molar-refractivity contribution < 1.29 is 9.53 Å². The monoisotopic (exact) mass is 466 g/mol. The summed E-state index contributed by atoms with van der Waals surface area (Å²) in [5.74, 6) is 2.41. The van der Waals surface area contributed by atoms with E-state index in [2.05, 4.69) is 46.0 Å². The molecule has 0 bridgehead atoms. The highest BCUT2D eigenvalue weighted by Crippen LogP contribution is 2.27.